The fourth-order valence-electron chi connectivity index (χ4n) is 4.82. The summed E-state index contributed by atoms with van der Waals surface area (Å²) in [6.45, 7) is 4.30. The van der Waals surface area contributed by atoms with Crippen molar-refractivity contribution >= 4 is 22.8 Å². The summed E-state index contributed by atoms with van der Waals surface area (Å²) in [5.74, 6) is 0.0540. The summed E-state index contributed by atoms with van der Waals surface area (Å²) in [4.78, 5) is 27.6. The molecule has 2 aliphatic rings. The Morgan fingerprint density at radius 1 is 1.13 bits per heavy atom. The normalized spacial score (nSPS) is 20.9. The van der Waals surface area contributed by atoms with E-state index in [0.29, 0.717) is 31.3 Å². The van der Waals surface area contributed by atoms with Crippen molar-refractivity contribution < 1.29 is 18.7 Å². The van der Waals surface area contributed by atoms with Crippen LogP contribution >= 0.6 is 0 Å². The minimum absolute atomic E-state index is 0.00452. The molecule has 1 aliphatic heterocycles. The number of para-hydroxylation sites is 1. The van der Waals surface area contributed by atoms with Crippen LogP contribution in [-0.2, 0) is 16.1 Å². The number of nitrogens with one attached hydrogen (secondary N) is 1. The van der Waals surface area contributed by atoms with Crippen molar-refractivity contribution in [1.82, 2.24) is 10.2 Å². The lowest BCUT2D eigenvalue weighted by Gasteiger charge is -2.33. The van der Waals surface area contributed by atoms with Gasteiger partial charge in [0.05, 0.1) is 12.5 Å². The second kappa shape index (κ2) is 9.65. The Morgan fingerprint density at radius 2 is 1.93 bits per heavy atom. The Bertz CT molecular complexity index is 884. The van der Waals surface area contributed by atoms with Gasteiger partial charge in [-0.25, -0.2) is 4.79 Å². The van der Waals surface area contributed by atoms with Gasteiger partial charge in [0.15, 0.2) is 0 Å². The average molecular weight is 413 g/mol. The number of carbonyl (C=O) groups is 2. The summed E-state index contributed by atoms with van der Waals surface area (Å²) in [5.41, 5.74) is 1.55. The molecule has 6 nitrogen and oxygen atoms in total. The fourth-order valence-corrected chi connectivity index (χ4v) is 4.82. The maximum atomic E-state index is 12.9. The zero-order valence-corrected chi connectivity index (χ0v) is 17.8. The van der Waals surface area contributed by atoms with Crippen molar-refractivity contribution in [2.24, 2.45) is 5.92 Å². The second-order valence-corrected chi connectivity index (χ2v) is 8.54. The Balaban J connectivity index is 1.47. The van der Waals surface area contributed by atoms with Gasteiger partial charge >= 0.3 is 5.97 Å². The van der Waals surface area contributed by atoms with Crippen molar-refractivity contribution in [2.75, 3.05) is 19.7 Å². The molecular formula is C24H32N2O4. The zero-order valence-electron chi connectivity index (χ0n) is 17.8. The molecule has 0 bridgehead atoms. The van der Waals surface area contributed by atoms with E-state index >= 15 is 0 Å². The van der Waals surface area contributed by atoms with Gasteiger partial charge in [0.2, 0.25) is 11.7 Å². The number of fused-ring (bicyclic) bond motifs is 1. The minimum Gasteiger partial charge on any atom is -0.460 e. The summed E-state index contributed by atoms with van der Waals surface area (Å²) >= 11 is 0. The molecule has 30 heavy (non-hydrogen) atoms. The van der Waals surface area contributed by atoms with Crippen LogP contribution in [0.15, 0.2) is 28.7 Å². The van der Waals surface area contributed by atoms with Crippen LogP contribution < -0.4 is 5.32 Å². The molecule has 2 fully saturated rings. The van der Waals surface area contributed by atoms with E-state index in [2.05, 4.69) is 10.2 Å². The number of benzene rings is 1. The lowest BCUT2D eigenvalue weighted by molar-refractivity contribution is -0.127. The first-order valence-corrected chi connectivity index (χ1v) is 11.4. The van der Waals surface area contributed by atoms with E-state index < -0.39 is 5.97 Å². The quantitative estimate of drug-likeness (QED) is 0.718. The largest absolute Gasteiger partial charge is 0.460 e. The molecular weight excluding hydrogens is 380 g/mol. The molecule has 1 aromatic carbocycles. The van der Waals surface area contributed by atoms with Crippen LogP contribution in [0.5, 0.6) is 0 Å². The third-order valence-corrected chi connectivity index (χ3v) is 6.37. The van der Waals surface area contributed by atoms with Gasteiger partial charge in [0.1, 0.15) is 5.58 Å². The second-order valence-electron chi connectivity index (χ2n) is 8.54. The monoisotopic (exact) mass is 412 g/mol. The minimum atomic E-state index is -0.424. The highest BCUT2D eigenvalue weighted by Crippen LogP contribution is 2.29. The molecule has 162 valence electrons. The van der Waals surface area contributed by atoms with Gasteiger partial charge in [0.25, 0.3) is 0 Å². The van der Waals surface area contributed by atoms with Gasteiger partial charge in [-0.1, -0.05) is 37.5 Å². The van der Waals surface area contributed by atoms with Crippen LogP contribution in [-0.4, -0.2) is 42.5 Å². The Labute approximate surface area is 177 Å². The van der Waals surface area contributed by atoms with E-state index in [9.17, 15) is 9.59 Å². The number of nitrogens with zero attached hydrogens (tertiary/aromatic N) is 1. The molecule has 0 spiro atoms. The number of rotatable bonds is 6. The predicted molar refractivity (Wildman–Crippen MR) is 115 cm³/mol. The van der Waals surface area contributed by atoms with Crippen molar-refractivity contribution in [3.05, 3.63) is 35.6 Å². The van der Waals surface area contributed by atoms with E-state index in [4.69, 9.17) is 9.15 Å². The van der Waals surface area contributed by atoms with E-state index in [1.807, 2.05) is 24.3 Å². The summed E-state index contributed by atoms with van der Waals surface area (Å²) in [7, 11) is 0. The van der Waals surface area contributed by atoms with Crippen molar-refractivity contribution in [2.45, 2.75) is 64.5 Å². The Hall–Kier alpha value is -2.34. The highest BCUT2D eigenvalue weighted by Gasteiger charge is 2.30. The number of amides is 1. The number of carbonyl (C=O) groups excluding carboxylic acids is 2. The topological polar surface area (TPSA) is 71.8 Å². The smallest absolute Gasteiger partial charge is 0.374 e. The van der Waals surface area contributed by atoms with Crippen LogP contribution in [0.3, 0.4) is 0 Å². The molecule has 1 saturated heterocycles. The van der Waals surface area contributed by atoms with Gasteiger partial charge in [-0.15, -0.1) is 0 Å². The molecule has 2 heterocycles. The maximum absolute atomic E-state index is 12.9. The molecule has 1 amide bonds. The Morgan fingerprint density at radius 3 is 2.73 bits per heavy atom. The summed E-state index contributed by atoms with van der Waals surface area (Å²) < 4.78 is 11.1. The molecule has 1 N–H and O–H groups in total. The van der Waals surface area contributed by atoms with Crippen molar-refractivity contribution in [1.29, 1.82) is 0 Å². The lowest BCUT2D eigenvalue weighted by Crippen LogP contribution is -2.46. The van der Waals surface area contributed by atoms with E-state index in [1.165, 1.54) is 19.3 Å². The molecule has 6 heteroatoms. The standard InChI is InChI=1S/C24H32N2O4/c1-2-29-24(28)22-20(19-12-6-7-13-21(19)30-22)16-26-14-8-9-17(15-26)23(27)25-18-10-4-3-5-11-18/h6-7,12-13,17-18H,2-5,8-11,14-16H2,1H3,(H,25,27). The number of esters is 1. The molecule has 1 atom stereocenters. The number of likely N-dealkylation sites (tertiary alicyclic amines) is 1. The van der Waals surface area contributed by atoms with Gasteiger partial charge in [-0.3, -0.25) is 9.69 Å². The number of hydrogen-bond acceptors (Lipinski definition) is 5. The van der Waals surface area contributed by atoms with Crippen LogP contribution in [0.1, 0.15) is 68.0 Å². The van der Waals surface area contributed by atoms with Crippen LogP contribution in [0.4, 0.5) is 0 Å². The molecule has 1 aromatic heterocycles. The first-order valence-electron chi connectivity index (χ1n) is 11.4. The summed E-state index contributed by atoms with van der Waals surface area (Å²) in [6, 6.07) is 8.05. The van der Waals surface area contributed by atoms with E-state index in [-0.39, 0.29) is 17.6 Å². The molecule has 1 unspecified atom stereocenters. The fraction of sp³-hybridized carbons (Fsp3) is 0.583. The summed E-state index contributed by atoms with van der Waals surface area (Å²) in [6.07, 6.45) is 7.82. The number of hydrogen-bond donors (Lipinski definition) is 1. The highest BCUT2D eigenvalue weighted by atomic mass is 16.5. The van der Waals surface area contributed by atoms with Crippen LogP contribution in [0, 0.1) is 5.92 Å². The zero-order chi connectivity index (χ0) is 20.9. The number of piperidine rings is 1. The molecule has 2 aromatic rings. The van der Waals surface area contributed by atoms with Crippen molar-refractivity contribution in [3.63, 3.8) is 0 Å². The van der Waals surface area contributed by atoms with Gasteiger partial charge in [-0.2, -0.15) is 0 Å². The SMILES string of the molecule is CCOC(=O)c1oc2ccccc2c1CN1CCCC(C(=O)NC2CCCCC2)C1. The lowest BCUT2D eigenvalue weighted by atomic mass is 9.92. The molecule has 4 rings (SSSR count). The number of furan rings is 1. The van der Waals surface area contributed by atoms with Gasteiger partial charge < -0.3 is 14.5 Å². The first kappa shape index (κ1) is 20.9. The van der Waals surface area contributed by atoms with Crippen molar-refractivity contribution in [3.8, 4) is 0 Å². The van der Waals surface area contributed by atoms with Gasteiger partial charge in [-0.05, 0) is 45.2 Å². The third kappa shape index (κ3) is 4.69. The number of ether oxygens (including phenoxy) is 1. The molecule has 1 saturated carbocycles. The average Bonchev–Trinajstić information content (AvgIpc) is 3.13. The van der Waals surface area contributed by atoms with Crippen LogP contribution in [0.25, 0.3) is 11.0 Å². The predicted octanol–water partition coefficient (Wildman–Crippen LogP) is 4.27. The highest BCUT2D eigenvalue weighted by molar-refractivity contribution is 5.96. The first-order chi connectivity index (χ1) is 14.7. The maximum Gasteiger partial charge on any atom is 0.374 e. The molecule has 1 aliphatic carbocycles. The van der Waals surface area contributed by atoms with E-state index in [1.54, 1.807) is 6.92 Å². The van der Waals surface area contributed by atoms with E-state index in [0.717, 1.165) is 43.2 Å². The summed E-state index contributed by atoms with van der Waals surface area (Å²) in [5, 5.41) is 4.22. The third-order valence-electron chi connectivity index (χ3n) is 6.37. The van der Waals surface area contributed by atoms with Crippen LogP contribution in [0.2, 0.25) is 0 Å². The molecule has 0 radical (unpaired) electrons. The van der Waals surface area contributed by atoms with Gasteiger partial charge in [0, 0.05) is 30.1 Å². The Kier molecular flexibility index (Phi) is 6.72.